The van der Waals surface area contributed by atoms with Crippen LogP contribution >= 0.6 is 0 Å². The SMILES string of the molecule is CCOC(=O)CN(CC)CC(=O)Nc1ncccn1. The number of ether oxygens (including phenoxy) is 1. The Morgan fingerprint density at radius 2 is 1.95 bits per heavy atom. The van der Waals surface area contributed by atoms with Gasteiger partial charge in [0.25, 0.3) is 0 Å². The fourth-order valence-corrected chi connectivity index (χ4v) is 1.40. The van der Waals surface area contributed by atoms with Gasteiger partial charge in [0.1, 0.15) is 0 Å². The predicted molar refractivity (Wildman–Crippen MR) is 69.4 cm³/mol. The number of carbonyl (C=O) groups excluding carboxylic acids is 2. The second-order valence-corrected chi connectivity index (χ2v) is 3.73. The van der Waals surface area contributed by atoms with Crippen LogP contribution in [0, 0.1) is 0 Å². The monoisotopic (exact) mass is 266 g/mol. The largest absolute Gasteiger partial charge is 0.465 e. The molecule has 1 amide bonds. The summed E-state index contributed by atoms with van der Waals surface area (Å²) in [5.41, 5.74) is 0. The second-order valence-electron chi connectivity index (χ2n) is 3.73. The maximum Gasteiger partial charge on any atom is 0.320 e. The van der Waals surface area contributed by atoms with Crippen molar-refractivity contribution in [1.82, 2.24) is 14.9 Å². The van der Waals surface area contributed by atoms with Crippen LogP contribution in [-0.2, 0) is 14.3 Å². The van der Waals surface area contributed by atoms with Crippen LogP contribution in [0.2, 0.25) is 0 Å². The van der Waals surface area contributed by atoms with Gasteiger partial charge in [-0.2, -0.15) is 0 Å². The Bertz CT molecular complexity index is 411. The van der Waals surface area contributed by atoms with Gasteiger partial charge >= 0.3 is 5.97 Å². The smallest absolute Gasteiger partial charge is 0.320 e. The molecule has 0 saturated carbocycles. The molecule has 1 aromatic heterocycles. The van der Waals surface area contributed by atoms with Crippen LogP contribution in [-0.4, -0.2) is 53.0 Å². The van der Waals surface area contributed by atoms with Crippen LogP contribution in [0.15, 0.2) is 18.5 Å². The van der Waals surface area contributed by atoms with Crippen molar-refractivity contribution in [3.63, 3.8) is 0 Å². The van der Waals surface area contributed by atoms with E-state index in [1.165, 1.54) is 0 Å². The Morgan fingerprint density at radius 1 is 1.26 bits per heavy atom. The van der Waals surface area contributed by atoms with Gasteiger partial charge in [0.15, 0.2) is 0 Å². The lowest BCUT2D eigenvalue weighted by molar-refractivity contribution is -0.144. The molecule has 0 unspecified atom stereocenters. The minimum absolute atomic E-state index is 0.0907. The summed E-state index contributed by atoms with van der Waals surface area (Å²) in [6, 6.07) is 1.66. The van der Waals surface area contributed by atoms with Gasteiger partial charge in [0.2, 0.25) is 11.9 Å². The quantitative estimate of drug-likeness (QED) is 0.714. The third-order valence-corrected chi connectivity index (χ3v) is 2.29. The fraction of sp³-hybridized carbons (Fsp3) is 0.500. The molecule has 0 fully saturated rings. The third kappa shape index (κ3) is 5.91. The molecule has 0 aliphatic heterocycles. The van der Waals surface area contributed by atoms with Crippen molar-refractivity contribution in [1.29, 1.82) is 0 Å². The molecule has 0 aromatic carbocycles. The molecule has 1 N–H and O–H groups in total. The van der Waals surface area contributed by atoms with Crippen molar-refractivity contribution in [2.24, 2.45) is 0 Å². The Labute approximate surface area is 112 Å². The normalized spacial score (nSPS) is 10.3. The average molecular weight is 266 g/mol. The van der Waals surface area contributed by atoms with Gasteiger partial charge in [-0.15, -0.1) is 0 Å². The van der Waals surface area contributed by atoms with Crippen LogP contribution in [0.5, 0.6) is 0 Å². The minimum atomic E-state index is -0.340. The van der Waals surface area contributed by atoms with Crippen LogP contribution < -0.4 is 5.32 Å². The van der Waals surface area contributed by atoms with Crippen LogP contribution in [0.4, 0.5) is 5.95 Å². The van der Waals surface area contributed by atoms with Crippen molar-refractivity contribution in [2.75, 3.05) is 31.6 Å². The zero-order valence-corrected chi connectivity index (χ0v) is 11.1. The number of amides is 1. The molecule has 0 spiro atoms. The van der Waals surface area contributed by atoms with E-state index < -0.39 is 0 Å². The van der Waals surface area contributed by atoms with Gasteiger partial charge in [0.05, 0.1) is 19.7 Å². The molecule has 1 heterocycles. The van der Waals surface area contributed by atoms with Crippen molar-refractivity contribution < 1.29 is 14.3 Å². The molecule has 1 aromatic rings. The summed E-state index contributed by atoms with van der Waals surface area (Å²) < 4.78 is 4.84. The molecule has 1 rings (SSSR count). The summed E-state index contributed by atoms with van der Waals surface area (Å²) in [6.07, 6.45) is 3.08. The van der Waals surface area contributed by atoms with E-state index in [2.05, 4.69) is 15.3 Å². The number of nitrogens with zero attached hydrogens (tertiary/aromatic N) is 3. The number of aromatic nitrogens is 2. The Kier molecular flexibility index (Phi) is 6.45. The number of hydrogen-bond acceptors (Lipinski definition) is 6. The molecule has 0 saturated heterocycles. The highest BCUT2D eigenvalue weighted by Gasteiger charge is 2.14. The van der Waals surface area contributed by atoms with Gasteiger partial charge < -0.3 is 4.74 Å². The minimum Gasteiger partial charge on any atom is -0.465 e. The van der Waals surface area contributed by atoms with Crippen molar-refractivity contribution >= 4 is 17.8 Å². The number of esters is 1. The van der Waals surface area contributed by atoms with Crippen molar-refractivity contribution in [3.8, 4) is 0 Å². The van der Waals surface area contributed by atoms with E-state index in [9.17, 15) is 9.59 Å². The van der Waals surface area contributed by atoms with Crippen LogP contribution in [0.1, 0.15) is 13.8 Å². The molecule has 0 atom stereocenters. The number of carbonyl (C=O) groups is 2. The molecule has 7 heteroatoms. The van der Waals surface area contributed by atoms with E-state index in [1.54, 1.807) is 30.3 Å². The Morgan fingerprint density at radius 3 is 2.53 bits per heavy atom. The maximum absolute atomic E-state index is 11.7. The summed E-state index contributed by atoms with van der Waals surface area (Å²) in [4.78, 5) is 32.5. The summed E-state index contributed by atoms with van der Waals surface area (Å²) >= 11 is 0. The van der Waals surface area contributed by atoms with Gasteiger partial charge in [-0.3, -0.25) is 19.8 Å². The molecular formula is C12H18N4O3. The zero-order chi connectivity index (χ0) is 14.1. The van der Waals surface area contributed by atoms with E-state index in [0.29, 0.717) is 13.2 Å². The highest BCUT2D eigenvalue weighted by atomic mass is 16.5. The lowest BCUT2D eigenvalue weighted by Crippen LogP contribution is -2.37. The standard InChI is InChI=1S/C12H18N4O3/c1-3-16(9-11(18)19-4-2)8-10(17)15-12-13-6-5-7-14-12/h5-7H,3-4,8-9H2,1-2H3,(H,13,14,15,17). The van der Waals surface area contributed by atoms with Crippen LogP contribution in [0.25, 0.3) is 0 Å². The van der Waals surface area contributed by atoms with Crippen molar-refractivity contribution in [3.05, 3.63) is 18.5 Å². The van der Waals surface area contributed by atoms with E-state index >= 15 is 0 Å². The molecule has 7 nitrogen and oxygen atoms in total. The lowest BCUT2D eigenvalue weighted by Gasteiger charge is -2.18. The van der Waals surface area contributed by atoms with Gasteiger partial charge in [-0.05, 0) is 19.5 Å². The molecule has 0 radical (unpaired) electrons. The summed E-state index contributed by atoms with van der Waals surface area (Å²) in [7, 11) is 0. The molecule has 0 bridgehead atoms. The summed E-state index contributed by atoms with van der Waals surface area (Å²) in [6.45, 7) is 4.70. The maximum atomic E-state index is 11.7. The highest BCUT2D eigenvalue weighted by Crippen LogP contribution is 1.96. The number of anilines is 1. The first-order valence-electron chi connectivity index (χ1n) is 6.10. The molecule has 104 valence electrons. The summed E-state index contributed by atoms with van der Waals surface area (Å²) in [5, 5.41) is 2.56. The molecular weight excluding hydrogens is 248 g/mol. The van der Waals surface area contributed by atoms with E-state index in [-0.39, 0.29) is 30.9 Å². The highest BCUT2D eigenvalue weighted by molar-refractivity contribution is 5.90. The third-order valence-electron chi connectivity index (χ3n) is 2.29. The van der Waals surface area contributed by atoms with Crippen molar-refractivity contribution in [2.45, 2.75) is 13.8 Å². The predicted octanol–water partition coefficient (Wildman–Crippen LogP) is 0.300. The van der Waals surface area contributed by atoms with Gasteiger partial charge in [0, 0.05) is 12.4 Å². The van der Waals surface area contributed by atoms with E-state index in [4.69, 9.17) is 4.74 Å². The first-order chi connectivity index (χ1) is 9.15. The first kappa shape index (κ1) is 15.0. The Balaban J connectivity index is 2.42. The van der Waals surface area contributed by atoms with Gasteiger partial charge in [-0.1, -0.05) is 6.92 Å². The molecule has 0 aliphatic rings. The number of rotatable bonds is 7. The molecule has 0 aliphatic carbocycles. The topological polar surface area (TPSA) is 84.4 Å². The van der Waals surface area contributed by atoms with Crippen LogP contribution in [0.3, 0.4) is 0 Å². The fourth-order valence-electron chi connectivity index (χ4n) is 1.40. The Hall–Kier alpha value is -2.02. The van der Waals surface area contributed by atoms with E-state index in [1.807, 2.05) is 6.92 Å². The average Bonchev–Trinajstić information content (AvgIpc) is 2.39. The number of nitrogens with one attached hydrogen (secondary N) is 1. The second kappa shape index (κ2) is 8.15. The zero-order valence-electron chi connectivity index (χ0n) is 11.1. The lowest BCUT2D eigenvalue weighted by atomic mass is 10.4. The molecule has 19 heavy (non-hydrogen) atoms. The van der Waals surface area contributed by atoms with E-state index in [0.717, 1.165) is 0 Å². The van der Waals surface area contributed by atoms with Gasteiger partial charge in [-0.25, -0.2) is 9.97 Å². The number of likely N-dealkylation sites (N-methyl/N-ethyl adjacent to an activating group) is 1. The summed E-state index contributed by atoms with van der Waals surface area (Å²) in [5.74, 6) is -0.356. The number of hydrogen-bond donors (Lipinski definition) is 1. The first-order valence-corrected chi connectivity index (χ1v) is 6.10.